The van der Waals surface area contributed by atoms with E-state index in [1.54, 1.807) is 7.11 Å². The molecule has 4 nitrogen and oxygen atoms in total. The Bertz CT molecular complexity index is 497. The Morgan fingerprint density at radius 3 is 3.06 bits per heavy atom. The number of aromatic nitrogens is 2. The molecule has 2 heterocycles. The number of ether oxygens (including phenoxy) is 1. The maximum Gasteiger partial charge on any atom is 0.137 e. The van der Waals surface area contributed by atoms with Gasteiger partial charge in [-0.15, -0.1) is 0 Å². The second-order valence-corrected chi connectivity index (χ2v) is 4.46. The number of pyridine rings is 1. The van der Waals surface area contributed by atoms with Crippen LogP contribution in [0.4, 0.5) is 0 Å². The van der Waals surface area contributed by atoms with E-state index in [1.165, 1.54) is 0 Å². The van der Waals surface area contributed by atoms with Gasteiger partial charge in [0.25, 0.3) is 0 Å². The summed E-state index contributed by atoms with van der Waals surface area (Å²) in [6.45, 7) is 3.56. The summed E-state index contributed by atoms with van der Waals surface area (Å²) >= 11 is 5.91. The fourth-order valence-corrected chi connectivity index (χ4v) is 1.76. The van der Waals surface area contributed by atoms with E-state index in [-0.39, 0.29) is 6.10 Å². The minimum Gasteiger partial charge on any atom is -0.380 e. The number of hydrogen-bond acceptors (Lipinski definition) is 3. The fourth-order valence-electron chi connectivity index (χ4n) is 1.59. The molecule has 0 bridgehead atoms. The highest BCUT2D eigenvalue weighted by Crippen LogP contribution is 2.11. The van der Waals surface area contributed by atoms with Gasteiger partial charge < -0.3 is 14.5 Å². The summed E-state index contributed by atoms with van der Waals surface area (Å²) in [5.74, 6) is 0. The molecule has 0 saturated heterocycles. The number of rotatable bonds is 5. The summed E-state index contributed by atoms with van der Waals surface area (Å²) in [4.78, 5) is 4.48. The Kier molecular flexibility index (Phi) is 3.99. The summed E-state index contributed by atoms with van der Waals surface area (Å²) < 4.78 is 7.09. The van der Waals surface area contributed by atoms with Gasteiger partial charge in [0, 0.05) is 32.6 Å². The molecule has 17 heavy (non-hydrogen) atoms. The van der Waals surface area contributed by atoms with Gasteiger partial charge in [-0.05, 0) is 19.1 Å². The Morgan fingerprint density at radius 2 is 2.29 bits per heavy atom. The summed E-state index contributed by atoms with van der Waals surface area (Å²) in [5, 5.41) is 4.00. The minimum atomic E-state index is 0.210. The molecule has 2 aromatic heterocycles. The van der Waals surface area contributed by atoms with Crippen molar-refractivity contribution in [1.29, 1.82) is 0 Å². The van der Waals surface area contributed by atoms with E-state index < -0.39 is 0 Å². The van der Waals surface area contributed by atoms with E-state index in [4.69, 9.17) is 16.3 Å². The Labute approximate surface area is 106 Å². The molecular formula is C12H16ClN3O. The highest BCUT2D eigenvalue weighted by atomic mass is 35.5. The number of hydrogen-bond donors (Lipinski definition) is 1. The zero-order chi connectivity index (χ0) is 12.3. The van der Waals surface area contributed by atoms with Crippen molar-refractivity contribution in [3.8, 4) is 0 Å². The second-order valence-electron chi connectivity index (χ2n) is 4.02. The van der Waals surface area contributed by atoms with Crippen molar-refractivity contribution >= 4 is 17.2 Å². The van der Waals surface area contributed by atoms with Crippen molar-refractivity contribution in [2.24, 2.45) is 0 Å². The van der Waals surface area contributed by atoms with E-state index in [9.17, 15) is 0 Å². The van der Waals surface area contributed by atoms with Gasteiger partial charge >= 0.3 is 0 Å². The lowest BCUT2D eigenvalue weighted by molar-refractivity contribution is 0.117. The molecule has 0 aliphatic rings. The Balaban J connectivity index is 1.99. The standard InChI is InChI=1S/C12H16ClN3O/c1-9(17-2)5-14-6-11-8-16-7-10(13)3-4-12(16)15-11/h3-4,7-9,14H,5-6H2,1-2H3. The lowest BCUT2D eigenvalue weighted by Crippen LogP contribution is -2.25. The average Bonchev–Trinajstić information content (AvgIpc) is 2.70. The number of halogens is 1. The molecule has 1 unspecified atom stereocenters. The van der Waals surface area contributed by atoms with Gasteiger partial charge in [0.2, 0.25) is 0 Å². The summed E-state index contributed by atoms with van der Waals surface area (Å²) in [6, 6.07) is 3.75. The zero-order valence-electron chi connectivity index (χ0n) is 9.98. The molecule has 2 rings (SSSR count). The second kappa shape index (κ2) is 5.49. The molecule has 0 aliphatic heterocycles. The van der Waals surface area contributed by atoms with Crippen LogP contribution < -0.4 is 5.32 Å². The molecule has 0 fully saturated rings. The first-order chi connectivity index (χ1) is 8.19. The van der Waals surface area contributed by atoms with Gasteiger partial charge in [0.15, 0.2) is 0 Å². The first-order valence-electron chi connectivity index (χ1n) is 5.55. The predicted octanol–water partition coefficient (Wildman–Crippen LogP) is 2.11. The molecule has 0 aliphatic carbocycles. The quantitative estimate of drug-likeness (QED) is 0.887. The molecule has 2 aromatic rings. The number of nitrogens with zero attached hydrogens (tertiary/aromatic N) is 2. The number of fused-ring (bicyclic) bond motifs is 1. The summed E-state index contributed by atoms with van der Waals surface area (Å²) in [5.41, 5.74) is 1.90. The van der Waals surface area contributed by atoms with Crippen LogP contribution >= 0.6 is 11.6 Å². The van der Waals surface area contributed by atoms with Crippen LogP contribution in [0.1, 0.15) is 12.6 Å². The van der Waals surface area contributed by atoms with Gasteiger partial charge in [-0.1, -0.05) is 11.6 Å². The smallest absolute Gasteiger partial charge is 0.137 e. The lowest BCUT2D eigenvalue weighted by Gasteiger charge is -2.09. The topological polar surface area (TPSA) is 38.6 Å². The van der Waals surface area contributed by atoms with Crippen LogP contribution in [0.5, 0.6) is 0 Å². The van der Waals surface area contributed by atoms with Crippen LogP contribution in [-0.4, -0.2) is 29.1 Å². The third-order valence-corrected chi connectivity index (χ3v) is 2.83. The maximum absolute atomic E-state index is 5.91. The summed E-state index contributed by atoms with van der Waals surface area (Å²) in [6.07, 6.45) is 4.04. The van der Waals surface area contributed by atoms with Crippen molar-refractivity contribution in [3.63, 3.8) is 0 Å². The molecule has 5 heteroatoms. The minimum absolute atomic E-state index is 0.210. The highest BCUT2D eigenvalue weighted by Gasteiger charge is 2.03. The molecule has 0 aromatic carbocycles. The summed E-state index contributed by atoms with van der Waals surface area (Å²) in [7, 11) is 1.71. The third kappa shape index (κ3) is 3.19. The van der Waals surface area contributed by atoms with Crippen molar-refractivity contribution in [2.45, 2.75) is 19.6 Å². The number of imidazole rings is 1. The van der Waals surface area contributed by atoms with Crippen molar-refractivity contribution in [3.05, 3.63) is 35.2 Å². The van der Waals surface area contributed by atoms with Gasteiger partial charge in [-0.25, -0.2) is 4.98 Å². The predicted molar refractivity (Wildman–Crippen MR) is 68.4 cm³/mol. The van der Waals surface area contributed by atoms with Gasteiger partial charge in [0.1, 0.15) is 5.65 Å². The van der Waals surface area contributed by atoms with E-state index in [1.807, 2.05) is 35.9 Å². The SMILES string of the molecule is COC(C)CNCc1cn2cc(Cl)ccc2n1. The molecule has 0 amide bonds. The maximum atomic E-state index is 5.91. The van der Waals surface area contributed by atoms with E-state index in [0.717, 1.165) is 24.4 Å². The van der Waals surface area contributed by atoms with Crippen molar-refractivity contribution in [2.75, 3.05) is 13.7 Å². The molecule has 1 N–H and O–H groups in total. The highest BCUT2D eigenvalue weighted by molar-refractivity contribution is 6.30. The van der Waals surface area contributed by atoms with Crippen LogP contribution in [0.2, 0.25) is 5.02 Å². The molecule has 92 valence electrons. The molecule has 1 atom stereocenters. The van der Waals surface area contributed by atoms with Gasteiger partial charge in [-0.3, -0.25) is 0 Å². The van der Waals surface area contributed by atoms with E-state index >= 15 is 0 Å². The van der Waals surface area contributed by atoms with Crippen LogP contribution in [-0.2, 0) is 11.3 Å². The number of nitrogens with one attached hydrogen (secondary N) is 1. The molecule has 0 spiro atoms. The molecule has 0 radical (unpaired) electrons. The first kappa shape index (κ1) is 12.4. The number of methoxy groups -OCH3 is 1. The Hall–Kier alpha value is -1.10. The van der Waals surface area contributed by atoms with Crippen LogP contribution in [0, 0.1) is 0 Å². The van der Waals surface area contributed by atoms with E-state index in [0.29, 0.717) is 5.02 Å². The first-order valence-corrected chi connectivity index (χ1v) is 5.93. The Morgan fingerprint density at radius 1 is 1.47 bits per heavy atom. The monoisotopic (exact) mass is 253 g/mol. The van der Waals surface area contributed by atoms with Gasteiger partial charge in [0.05, 0.1) is 16.8 Å². The van der Waals surface area contributed by atoms with Crippen LogP contribution in [0.15, 0.2) is 24.5 Å². The van der Waals surface area contributed by atoms with Crippen LogP contribution in [0.25, 0.3) is 5.65 Å². The third-order valence-electron chi connectivity index (χ3n) is 2.61. The van der Waals surface area contributed by atoms with Gasteiger partial charge in [-0.2, -0.15) is 0 Å². The average molecular weight is 254 g/mol. The normalized spacial score (nSPS) is 13.1. The lowest BCUT2D eigenvalue weighted by atomic mass is 10.4. The molecular weight excluding hydrogens is 238 g/mol. The molecule has 0 saturated carbocycles. The van der Waals surface area contributed by atoms with E-state index in [2.05, 4.69) is 10.3 Å². The van der Waals surface area contributed by atoms with Crippen molar-refractivity contribution < 1.29 is 4.74 Å². The van der Waals surface area contributed by atoms with Crippen LogP contribution in [0.3, 0.4) is 0 Å². The largest absolute Gasteiger partial charge is 0.380 e. The zero-order valence-corrected chi connectivity index (χ0v) is 10.7. The van der Waals surface area contributed by atoms with Crippen molar-refractivity contribution in [1.82, 2.24) is 14.7 Å². The fraction of sp³-hybridized carbons (Fsp3) is 0.417.